The zero-order chi connectivity index (χ0) is 57.3. The highest BCUT2D eigenvalue weighted by molar-refractivity contribution is 6.31. The van der Waals surface area contributed by atoms with Crippen molar-refractivity contribution in [3.63, 3.8) is 0 Å². The molecular weight excluding hydrogens is 1030 g/mol. The van der Waals surface area contributed by atoms with Crippen LogP contribution in [0.1, 0.15) is 77.9 Å². The van der Waals surface area contributed by atoms with E-state index < -0.39 is 6.10 Å². The predicted octanol–water partition coefficient (Wildman–Crippen LogP) is 14.2. The number of pyridine rings is 4. The first-order valence-corrected chi connectivity index (χ1v) is 29.1. The van der Waals surface area contributed by atoms with Crippen molar-refractivity contribution in [3.05, 3.63) is 163 Å². The average molecular weight is 1110 g/mol. The summed E-state index contributed by atoms with van der Waals surface area (Å²) in [6.45, 7) is 19.0. The molecule has 0 spiro atoms. The van der Waals surface area contributed by atoms with Crippen molar-refractivity contribution in [1.29, 1.82) is 0 Å². The molecule has 13 nitrogen and oxygen atoms in total. The zero-order valence-corrected chi connectivity index (χ0v) is 49.1. The van der Waals surface area contributed by atoms with Crippen molar-refractivity contribution in [3.8, 4) is 17.2 Å². The second-order valence-corrected chi connectivity index (χ2v) is 21.6. The van der Waals surface area contributed by atoms with E-state index in [4.69, 9.17) is 36.5 Å². The number of nitrogens with zero attached hydrogens (tertiary/aromatic N) is 6. The molecule has 3 saturated heterocycles. The second-order valence-electron chi connectivity index (χ2n) is 21.1. The van der Waals surface area contributed by atoms with Crippen LogP contribution in [0, 0.1) is 11.8 Å². The minimum atomic E-state index is -0.504. The number of fused-ring (bicyclic) bond motifs is 8. The number of aliphatic hydroxyl groups is 1. The third-order valence-electron chi connectivity index (χ3n) is 15.8. The number of nitrogens with two attached hydrogens (primary N) is 1. The van der Waals surface area contributed by atoms with Gasteiger partial charge in [-0.15, -0.1) is 6.58 Å². The van der Waals surface area contributed by atoms with Crippen molar-refractivity contribution < 1.29 is 19.3 Å². The number of aromatic nitrogens is 4. The van der Waals surface area contributed by atoms with Crippen LogP contribution < -0.4 is 30.6 Å². The van der Waals surface area contributed by atoms with E-state index in [1.807, 2.05) is 109 Å². The summed E-state index contributed by atoms with van der Waals surface area (Å²) in [6, 6.07) is 40.6. The van der Waals surface area contributed by atoms with E-state index in [0.29, 0.717) is 28.9 Å². The number of hydrogen-bond acceptors (Lipinski definition) is 13. The van der Waals surface area contributed by atoms with Crippen LogP contribution >= 0.6 is 11.6 Å². The van der Waals surface area contributed by atoms with Crippen LogP contribution in [0.2, 0.25) is 5.02 Å². The van der Waals surface area contributed by atoms with Crippen LogP contribution in [0.4, 0.5) is 11.4 Å². The van der Waals surface area contributed by atoms with Gasteiger partial charge in [-0.3, -0.25) is 19.9 Å². The van der Waals surface area contributed by atoms with Gasteiger partial charge in [0.25, 0.3) is 0 Å². The Bertz CT molecular complexity index is 3400. The molecule has 426 valence electrons. The van der Waals surface area contributed by atoms with E-state index in [-0.39, 0.29) is 6.04 Å². The summed E-state index contributed by atoms with van der Waals surface area (Å²) in [4.78, 5) is 22.8. The molecule has 2 unspecified atom stereocenters. The molecule has 0 radical (unpaired) electrons. The Labute approximate surface area is 483 Å². The number of aliphatic hydroxyl groups excluding tert-OH is 1. The van der Waals surface area contributed by atoms with Crippen LogP contribution in [-0.2, 0) is 0 Å². The van der Waals surface area contributed by atoms with Crippen LogP contribution in [0.3, 0.4) is 0 Å². The maximum atomic E-state index is 11.2. The van der Waals surface area contributed by atoms with Gasteiger partial charge >= 0.3 is 0 Å². The third kappa shape index (κ3) is 15.5. The summed E-state index contributed by atoms with van der Waals surface area (Å²) < 4.78 is 16.1. The van der Waals surface area contributed by atoms with Gasteiger partial charge in [0.15, 0.2) is 0 Å². The van der Waals surface area contributed by atoms with Crippen LogP contribution in [-0.4, -0.2) is 114 Å². The Morgan fingerprint density at radius 1 is 0.716 bits per heavy atom. The summed E-state index contributed by atoms with van der Waals surface area (Å²) in [6.07, 6.45) is 13.6. The number of benzene rings is 5. The average Bonchev–Trinajstić information content (AvgIpc) is 3.71. The number of anilines is 2. The number of para-hydroxylation sites is 1. The van der Waals surface area contributed by atoms with E-state index in [1.54, 1.807) is 27.5 Å². The first-order chi connectivity index (χ1) is 39.5. The summed E-state index contributed by atoms with van der Waals surface area (Å²) >= 11 is 6.22. The van der Waals surface area contributed by atoms with Crippen molar-refractivity contribution in [2.75, 3.05) is 71.2 Å². The maximum absolute atomic E-state index is 11.2. The molecular formula is C67H82ClN9O4. The number of rotatable bonds is 19. The Balaban J connectivity index is 0.000000148. The van der Waals surface area contributed by atoms with Crippen molar-refractivity contribution >= 4 is 77.5 Å². The number of methoxy groups -OCH3 is 3. The van der Waals surface area contributed by atoms with Crippen LogP contribution in [0.15, 0.2) is 153 Å². The summed E-state index contributed by atoms with van der Waals surface area (Å²) in [5, 5.41) is 24.5. The van der Waals surface area contributed by atoms with E-state index in [0.717, 1.165) is 148 Å². The summed E-state index contributed by atoms with van der Waals surface area (Å²) in [5.41, 5.74) is 13.4. The molecule has 0 amide bonds. The quantitative estimate of drug-likeness (QED) is 0.0449. The Morgan fingerprint density at radius 3 is 2.10 bits per heavy atom. The van der Waals surface area contributed by atoms with Gasteiger partial charge in [-0.25, -0.2) is 4.98 Å². The molecule has 0 saturated carbocycles. The molecule has 7 heterocycles. The van der Waals surface area contributed by atoms with Gasteiger partial charge in [-0.2, -0.15) is 0 Å². The molecule has 4 aromatic heterocycles. The first kappa shape index (κ1) is 60.0. The third-order valence-corrected chi connectivity index (χ3v) is 16.1. The van der Waals surface area contributed by atoms with Gasteiger partial charge in [-0.05, 0) is 187 Å². The largest absolute Gasteiger partial charge is 0.497 e. The fourth-order valence-corrected chi connectivity index (χ4v) is 11.4. The molecule has 2 bridgehead atoms. The Kier molecular flexibility index (Phi) is 21.9. The van der Waals surface area contributed by atoms with Crippen molar-refractivity contribution in [2.45, 2.75) is 90.4 Å². The number of halogens is 1. The lowest BCUT2D eigenvalue weighted by Gasteiger charge is -2.50. The standard InChI is InChI=1S/C23H30ClN3O.C20H24N2O2.C15H21N3O.C9H7N/c1-5-27(6-2)13-7-8-16(3)25-23-19-11-9-17(24)14-22(19)26-21-12-10-18(28-4)15-20(21)23;1-3-13-12-22-9-7-14(13)10-19(22)20(23)16-6-8-21-18-5-4-15(24-2)11-17(16)18;1-11(5-3-7-16)18-14-10-13(19-2)9-12-6-4-8-17-15(12)14;1-2-6-9-8(4-1)5-3-7-10-9/h9-12,14-16H,5-8,13H2,1-4H3,(H,25,26);3-6,8,11,13-14,19-20,23H,1,7,9-10,12H2,2H3;4,6,8-11,18H,3,5,7,16H2,1-2H3;1-7H/t;13-,14-,19-,20+;;/m.0../s1. The SMILES string of the molecule is C=C[C@H]1C[N@]2CC[C@H]1C[C@H]2[C@H](O)c1ccnc2ccc(OC)cc12.CCN(CC)CCCC(C)Nc1c2ccc(Cl)cc2nc2ccc(OC)cc12.COc1cc(NC(C)CCCN)c2ncccc2c1.c1ccc2ncccc2c1. The number of ether oxygens (including phenoxy) is 3. The monoisotopic (exact) mass is 1110 g/mol. The number of hydrogen-bond donors (Lipinski definition) is 4. The van der Waals surface area contributed by atoms with Gasteiger partial charge in [0.2, 0.25) is 0 Å². The molecule has 14 heteroatoms. The lowest BCUT2D eigenvalue weighted by atomic mass is 9.73. The van der Waals surface area contributed by atoms with E-state index in [1.165, 1.54) is 18.2 Å². The van der Waals surface area contributed by atoms with Gasteiger partial charge in [0.05, 0.1) is 66.4 Å². The highest BCUT2D eigenvalue weighted by atomic mass is 35.5. The molecule has 3 aliphatic rings. The van der Waals surface area contributed by atoms with E-state index in [2.05, 4.69) is 100 Å². The molecule has 81 heavy (non-hydrogen) atoms. The van der Waals surface area contributed by atoms with E-state index in [9.17, 15) is 5.11 Å². The first-order valence-electron chi connectivity index (χ1n) is 28.7. The fourth-order valence-electron chi connectivity index (χ4n) is 11.3. The molecule has 5 aromatic carbocycles. The lowest BCUT2D eigenvalue weighted by molar-refractivity contribution is -0.0444. The van der Waals surface area contributed by atoms with Gasteiger partial charge in [-0.1, -0.05) is 61.9 Å². The van der Waals surface area contributed by atoms with Crippen molar-refractivity contribution in [2.24, 2.45) is 17.6 Å². The Hall–Kier alpha value is -7.13. The maximum Gasteiger partial charge on any atom is 0.121 e. The Morgan fingerprint density at radius 2 is 1.40 bits per heavy atom. The number of piperidine rings is 3. The molecule has 0 aliphatic carbocycles. The van der Waals surface area contributed by atoms with Crippen molar-refractivity contribution in [1.82, 2.24) is 29.7 Å². The fraction of sp³-hybridized carbons (Fsp3) is 0.373. The summed E-state index contributed by atoms with van der Waals surface area (Å²) in [7, 11) is 5.03. The highest BCUT2D eigenvalue weighted by Crippen LogP contribution is 2.42. The summed E-state index contributed by atoms with van der Waals surface area (Å²) in [5.74, 6) is 3.68. The highest BCUT2D eigenvalue weighted by Gasteiger charge is 2.42. The number of nitrogens with one attached hydrogen (secondary N) is 2. The molecule has 5 N–H and O–H groups in total. The second kappa shape index (κ2) is 29.5. The molecule has 9 aromatic rings. The minimum Gasteiger partial charge on any atom is -0.497 e. The molecule has 12 rings (SSSR count). The predicted molar refractivity (Wildman–Crippen MR) is 337 cm³/mol. The molecule has 3 aliphatic heterocycles. The topological polar surface area (TPSA) is 156 Å². The molecule has 3 fully saturated rings. The smallest absolute Gasteiger partial charge is 0.121 e. The van der Waals surface area contributed by atoms with Crippen LogP contribution in [0.5, 0.6) is 17.2 Å². The molecule has 7 atom stereocenters. The minimum absolute atomic E-state index is 0.178. The van der Waals surface area contributed by atoms with Gasteiger partial charge in [0.1, 0.15) is 17.2 Å². The normalized spacial score (nSPS) is 17.5. The van der Waals surface area contributed by atoms with E-state index >= 15 is 0 Å². The lowest BCUT2D eigenvalue weighted by Crippen LogP contribution is -2.54. The van der Waals surface area contributed by atoms with Crippen LogP contribution in [0.25, 0.3) is 54.5 Å². The zero-order valence-electron chi connectivity index (χ0n) is 48.3. The van der Waals surface area contributed by atoms with Gasteiger partial charge in [0, 0.05) is 81.3 Å². The van der Waals surface area contributed by atoms with Gasteiger partial charge < -0.3 is 40.6 Å².